The molecule has 0 spiro atoms. The highest BCUT2D eigenvalue weighted by atomic mass is 19.1. The molecule has 0 aliphatic heterocycles. The van der Waals surface area contributed by atoms with Crippen molar-refractivity contribution in [1.82, 2.24) is 0 Å². The summed E-state index contributed by atoms with van der Waals surface area (Å²) in [6, 6.07) is 3.42. The highest BCUT2D eigenvalue weighted by Gasteiger charge is 2.05. The first-order valence-electron chi connectivity index (χ1n) is 5.59. The predicted molar refractivity (Wildman–Crippen MR) is 59.2 cm³/mol. The van der Waals surface area contributed by atoms with Gasteiger partial charge < -0.3 is 0 Å². The maximum Gasteiger partial charge on any atom is 0.132 e. The molecule has 0 atom stereocenters. The van der Waals surface area contributed by atoms with Crippen molar-refractivity contribution in [3.8, 4) is 0 Å². The van der Waals surface area contributed by atoms with E-state index in [-0.39, 0.29) is 5.78 Å². The number of ketones is 1. The van der Waals surface area contributed by atoms with Gasteiger partial charge in [-0.25, -0.2) is 8.78 Å². The lowest BCUT2D eigenvalue weighted by Crippen LogP contribution is -1.99. The van der Waals surface area contributed by atoms with E-state index >= 15 is 0 Å². The van der Waals surface area contributed by atoms with Crippen molar-refractivity contribution in [2.75, 3.05) is 0 Å². The van der Waals surface area contributed by atoms with Crippen molar-refractivity contribution in [3.05, 3.63) is 35.4 Å². The van der Waals surface area contributed by atoms with E-state index in [1.54, 1.807) is 0 Å². The van der Waals surface area contributed by atoms with Crippen LogP contribution in [0.1, 0.15) is 38.2 Å². The van der Waals surface area contributed by atoms with Gasteiger partial charge in [0.05, 0.1) is 0 Å². The molecule has 0 heterocycles. The number of rotatable bonds is 6. The van der Waals surface area contributed by atoms with Gasteiger partial charge in [0.25, 0.3) is 0 Å². The van der Waals surface area contributed by atoms with Crippen molar-refractivity contribution in [3.63, 3.8) is 0 Å². The molecule has 0 unspecified atom stereocenters. The molecule has 0 N–H and O–H groups in total. The van der Waals surface area contributed by atoms with Gasteiger partial charge >= 0.3 is 0 Å². The Morgan fingerprint density at radius 3 is 2.69 bits per heavy atom. The van der Waals surface area contributed by atoms with Gasteiger partial charge in [-0.05, 0) is 43.0 Å². The number of carbonyl (C=O) groups is 1. The Bertz CT molecular complexity index is 361. The third kappa shape index (κ3) is 4.09. The predicted octanol–water partition coefficient (Wildman–Crippen LogP) is 3.66. The van der Waals surface area contributed by atoms with Crippen LogP contribution in [-0.4, -0.2) is 5.78 Å². The van der Waals surface area contributed by atoms with Gasteiger partial charge in [0.2, 0.25) is 0 Å². The maximum atomic E-state index is 13.2. The number of aryl methyl sites for hydroxylation is 1. The molecule has 0 radical (unpaired) electrons. The lowest BCUT2D eigenvalue weighted by molar-refractivity contribution is -0.119. The molecule has 0 saturated heterocycles. The van der Waals surface area contributed by atoms with Crippen LogP contribution in [0.4, 0.5) is 8.78 Å². The largest absolute Gasteiger partial charge is 0.300 e. The number of hydrogen-bond acceptors (Lipinski definition) is 1. The summed E-state index contributed by atoms with van der Waals surface area (Å²) >= 11 is 0. The zero-order chi connectivity index (χ0) is 12.0. The number of benzene rings is 1. The molecule has 1 nitrogen and oxygen atoms in total. The van der Waals surface area contributed by atoms with E-state index in [9.17, 15) is 13.6 Å². The number of Topliss-reactive ketones (excluding diaryl/α,β-unsaturated/α-hetero) is 1. The molecule has 1 rings (SSSR count). The molecule has 0 fully saturated rings. The molecule has 0 saturated carbocycles. The van der Waals surface area contributed by atoms with Crippen molar-refractivity contribution < 1.29 is 13.6 Å². The van der Waals surface area contributed by atoms with Gasteiger partial charge in [-0.3, -0.25) is 4.79 Å². The van der Waals surface area contributed by atoms with Crippen LogP contribution in [0.25, 0.3) is 0 Å². The van der Waals surface area contributed by atoms with Crippen molar-refractivity contribution in [2.45, 2.75) is 39.0 Å². The first-order valence-corrected chi connectivity index (χ1v) is 5.59. The van der Waals surface area contributed by atoms with Crippen LogP contribution in [0.3, 0.4) is 0 Å². The number of halogens is 2. The minimum atomic E-state index is -0.434. The summed E-state index contributed by atoms with van der Waals surface area (Å²) < 4.78 is 26.0. The van der Waals surface area contributed by atoms with Crippen LogP contribution < -0.4 is 0 Å². The first kappa shape index (κ1) is 12.8. The van der Waals surface area contributed by atoms with E-state index in [4.69, 9.17) is 0 Å². The van der Waals surface area contributed by atoms with Crippen LogP contribution in [0.2, 0.25) is 0 Å². The van der Waals surface area contributed by atoms with E-state index in [1.165, 1.54) is 6.07 Å². The van der Waals surface area contributed by atoms with E-state index in [1.807, 2.05) is 6.92 Å². The molecule has 3 heteroatoms. The molecule has 0 aliphatic rings. The lowest BCUT2D eigenvalue weighted by atomic mass is 10.0. The van der Waals surface area contributed by atoms with E-state index in [2.05, 4.69) is 0 Å². The van der Waals surface area contributed by atoms with E-state index in [0.29, 0.717) is 31.2 Å². The number of carbonyl (C=O) groups excluding carboxylic acids is 1. The maximum absolute atomic E-state index is 13.2. The van der Waals surface area contributed by atoms with Gasteiger partial charge in [-0.2, -0.15) is 0 Å². The van der Waals surface area contributed by atoms with E-state index < -0.39 is 11.6 Å². The fourth-order valence-corrected chi connectivity index (χ4v) is 1.61. The van der Waals surface area contributed by atoms with Gasteiger partial charge in [0, 0.05) is 12.8 Å². The minimum absolute atomic E-state index is 0.194. The molecule has 0 aromatic heterocycles. The monoisotopic (exact) mass is 226 g/mol. The molecule has 88 valence electrons. The number of hydrogen-bond donors (Lipinski definition) is 0. The summed E-state index contributed by atoms with van der Waals surface area (Å²) in [6.45, 7) is 1.95. The standard InChI is InChI=1S/C13H16F2O/c1-2-4-12(16)6-3-5-10-9-11(14)7-8-13(10)15/h7-9H,2-6H2,1H3. The fraction of sp³-hybridized carbons (Fsp3) is 0.462. The smallest absolute Gasteiger partial charge is 0.132 e. The van der Waals surface area contributed by atoms with Gasteiger partial charge in [0.1, 0.15) is 17.4 Å². The average Bonchev–Trinajstić information content (AvgIpc) is 2.23. The SMILES string of the molecule is CCCC(=O)CCCc1cc(F)ccc1F. The molecule has 0 bridgehead atoms. The summed E-state index contributed by atoms with van der Waals surface area (Å²) in [5.74, 6) is -0.639. The van der Waals surface area contributed by atoms with Crippen molar-refractivity contribution in [2.24, 2.45) is 0 Å². The Kier molecular flexibility index (Phi) is 5.09. The van der Waals surface area contributed by atoms with Crippen LogP contribution in [0, 0.1) is 11.6 Å². The molecular weight excluding hydrogens is 210 g/mol. The molecule has 0 amide bonds. The molecule has 16 heavy (non-hydrogen) atoms. The summed E-state index contributed by atoms with van der Waals surface area (Å²) in [6.07, 6.45) is 2.86. The van der Waals surface area contributed by atoms with Crippen LogP contribution in [0.5, 0.6) is 0 Å². The van der Waals surface area contributed by atoms with Crippen molar-refractivity contribution in [1.29, 1.82) is 0 Å². The highest BCUT2D eigenvalue weighted by molar-refractivity contribution is 5.78. The third-order valence-electron chi connectivity index (χ3n) is 2.44. The molecular formula is C13H16F2O. The normalized spacial score (nSPS) is 10.4. The van der Waals surface area contributed by atoms with Gasteiger partial charge in [0.15, 0.2) is 0 Å². The second-order valence-electron chi connectivity index (χ2n) is 3.88. The average molecular weight is 226 g/mol. The zero-order valence-corrected chi connectivity index (χ0v) is 9.43. The summed E-state index contributed by atoms with van der Waals surface area (Å²) in [5, 5.41) is 0. The first-order chi connectivity index (χ1) is 7.63. The zero-order valence-electron chi connectivity index (χ0n) is 9.43. The van der Waals surface area contributed by atoms with Crippen LogP contribution in [-0.2, 0) is 11.2 Å². The Balaban J connectivity index is 2.42. The van der Waals surface area contributed by atoms with Gasteiger partial charge in [-0.1, -0.05) is 6.92 Å². The molecule has 1 aromatic rings. The quantitative estimate of drug-likeness (QED) is 0.723. The molecule has 1 aromatic carbocycles. The van der Waals surface area contributed by atoms with Crippen molar-refractivity contribution >= 4 is 5.78 Å². The van der Waals surface area contributed by atoms with E-state index in [0.717, 1.165) is 18.6 Å². The second-order valence-corrected chi connectivity index (χ2v) is 3.88. The Hall–Kier alpha value is -1.25. The van der Waals surface area contributed by atoms with Crippen LogP contribution >= 0.6 is 0 Å². The minimum Gasteiger partial charge on any atom is -0.300 e. The lowest BCUT2D eigenvalue weighted by Gasteiger charge is -2.03. The van der Waals surface area contributed by atoms with Gasteiger partial charge in [-0.15, -0.1) is 0 Å². The summed E-state index contributed by atoms with van der Waals surface area (Å²) in [5.41, 5.74) is 0.351. The third-order valence-corrected chi connectivity index (χ3v) is 2.44. The second kappa shape index (κ2) is 6.36. The summed E-state index contributed by atoms with van der Waals surface area (Å²) in [7, 11) is 0. The Labute approximate surface area is 94.5 Å². The fourth-order valence-electron chi connectivity index (χ4n) is 1.61. The Morgan fingerprint density at radius 2 is 2.00 bits per heavy atom. The highest BCUT2D eigenvalue weighted by Crippen LogP contribution is 2.13. The molecule has 0 aliphatic carbocycles. The summed E-state index contributed by atoms with van der Waals surface area (Å²) in [4.78, 5) is 11.2. The van der Waals surface area contributed by atoms with Crippen LogP contribution in [0.15, 0.2) is 18.2 Å². The topological polar surface area (TPSA) is 17.1 Å². The Morgan fingerprint density at radius 1 is 1.25 bits per heavy atom.